The highest BCUT2D eigenvalue weighted by molar-refractivity contribution is 7.87. The molecule has 4 amide bonds. The van der Waals surface area contributed by atoms with Crippen LogP contribution in [0.25, 0.3) is 49.7 Å². The normalized spacial score (nSPS) is 25.1. The van der Waals surface area contributed by atoms with Gasteiger partial charge in [-0.2, -0.15) is 21.6 Å². The van der Waals surface area contributed by atoms with Crippen molar-refractivity contribution in [3.63, 3.8) is 0 Å². The van der Waals surface area contributed by atoms with E-state index in [0.717, 1.165) is 132 Å². The zero-order valence-corrected chi connectivity index (χ0v) is 77.9. The average molecular weight is 1830 g/mol. The molecule has 0 spiro atoms. The van der Waals surface area contributed by atoms with Gasteiger partial charge in [-0.05, 0) is 278 Å². The number of aromatic amines is 4. The van der Waals surface area contributed by atoms with Crippen molar-refractivity contribution >= 4 is 96.8 Å². The number of pyridine rings is 4. The highest BCUT2D eigenvalue weighted by Crippen LogP contribution is 2.52. The van der Waals surface area contributed by atoms with E-state index in [4.69, 9.17) is 28.3 Å². The fourth-order valence-corrected chi connectivity index (χ4v) is 21.4. The molecular weight excluding hydrogens is 1710 g/mol. The average Bonchev–Trinajstić information content (AvgIpc) is 1.60. The number of rotatable bonds is 14. The molecule has 0 radical (unpaired) electrons. The molecule has 696 valence electrons. The monoisotopic (exact) mass is 1830 g/mol. The van der Waals surface area contributed by atoms with E-state index in [1.807, 2.05) is 197 Å². The first kappa shape index (κ1) is 92.6. The molecule has 6 atom stereocenters. The summed E-state index contributed by atoms with van der Waals surface area (Å²) in [6.45, 7) is 23.9. The Morgan fingerprint density at radius 3 is 1.05 bits per heavy atom. The number of hydrogen-bond donors (Lipinski definition) is 4. The molecule has 4 N–H and O–H groups in total. The minimum Gasteiger partial charge on any atom is -0.441 e. The topological polar surface area (TPSA) is 295 Å². The number of allylic oxidation sites excluding steroid dienone is 2. The Morgan fingerprint density at radius 1 is 0.383 bits per heavy atom. The fourth-order valence-electron chi connectivity index (χ4n) is 20.9. The van der Waals surface area contributed by atoms with Crippen LogP contribution < -0.4 is 5.46 Å². The smallest absolute Gasteiger partial charge is 0.441 e. The second-order valence-electron chi connectivity index (χ2n) is 39.3. The highest BCUT2D eigenvalue weighted by atomic mass is 32.2. The molecule has 4 aliphatic carbocycles. The Kier molecular flexibility index (Phi) is 25.7. The van der Waals surface area contributed by atoms with Gasteiger partial charge in [-0.15, -0.1) is 0 Å². The van der Waals surface area contributed by atoms with E-state index in [1.165, 1.54) is 39.1 Å². The molecule has 8 aromatic heterocycles. The van der Waals surface area contributed by atoms with Gasteiger partial charge in [0, 0.05) is 107 Å². The predicted molar refractivity (Wildman–Crippen MR) is 504 cm³/mol. The summed E-state index contributed by atoms with van der Waals surface area (Å²) >= 11 is 0. The molecule has 2 saturated carbocycles. The molecule has 30 heteroatoms. The number of fused-ring (bicyclic) bond motifs is 4. The lowest BCUT2D eigenvalue weighted by Gasteiger charge is -2.38. The summed E-state index contributed by atoms with van der Waals surface area (Å²) in [5.74, 6) is 0.733. The summed E-state index contributed by atoms with van der Waals surface area (Å²) in [6.07, 6.45) is 29.2. The maximum atomic E-state index is 12.8. The van der Waals surface area contributed by atoms with Crippen LogP contribution >= 0.6 is 0 Å². The third-order valence-electron chi connectivity index (χ3n) is 28.1. The van der Waals surface area contributed by atoms with Gasteiger partial charge in [-0.1, -0.05) is 127 Å². The molecule has 5 aliphatic heterocycles. The van der Waals surface area contributed by atoms with Crippen molar-refractivity contribution in [1.29, 1.82) is 0 Å². The van der Waals surface area contributed by atoms with Crippen LogP contribution in [0.3, 0.4) is 0 Å². The second-order valence-corrected chi connectivity index (χ2v) is 40.8. The molecule has 12 aromatic rings. The van der Waals surface area contributed by atoms with Gasteiger partial charge < -0.3 is 52.4 Å². The molecule has 133 heavy (non-hydrogen) atoms. The largest absolute Gasteiger partial charge is 0.534 e. The van der Waals surface area contributed by atoms with Crippen LogP contribution in [-0.2, 0) is 42.6 Å². The van der Waals surface area contributed by atoms with E-state index in [0.29, 0.717) is 11.8 Å². The standard InChI is InChI=1S/2C24H27N3O2.C24H25N3O2.C18H20F3NO5S.C13H17BN2O2/c3*1-24(2)21(17-6-4-3-5-7-17)27(23(28)29-24)20-10-8-16(9-11-20)19-14-18-12-13-25-22(18)26-15-19;1-17(2)15(12-6-4-3-5-7-12)22(16(23)26-17)13-8-10-14(11-9-13)27-28(24,25)18(19,20)21;1-12(2)13(3,4)18-14(17-12)10-7-9-5-6-15-11(9)16-8-10/h2*3-7,12-16,20-21H,8-11H2,1-2H3,(H,25,26);3-8,12-15,20-21H,9-11H2,1-2H3,(H,25,26);3-7,10,13,15H,8-9,11H2,1-2H3;5-8H,1-4H3,(H,15,16)/t2*16?,20?,21-;20?,21-;13?,15-;/m0000./s1. The van der Waals surface area contributed by atoms with Crippen LogP contribution in [0.5, 0.6) is 0 Å². The Morgan fingerprint density at radius 2 is 0.707 bits per heavy atom. The molecule has 13 heterocycles. The van der Waals surface area contributed by atoms with Gasteiger partial charge in [0.2, 0.25) is 0 Å². The molecule has 2 unspecified atom stereocenters. The Labute approximate surface area is 773 Å². The van der Waals surface area contributed by atoms with Crippen molar-refractivity contribution in [1.82, 2.24) is 59.5 Å². The lowest BCUT2D eigenvalue weighted by molar-refractivity contribution is -0.0525. The van der Waals surface area contributed by atoms with Crippen LogP contribution in [0.15, 0.2) is 237 Å². The summed E-state index contributed by atoms with van der Waals surface area (Å²) in [7, 11) is -6.04. The fraction of sp³-hybridized carbons (Fsp3) is 0.417. The van der Waals surface area contributed by atoms with Gasteiger partial charge >= 0.3 is 47.1 Å². The zero-order chi connectivity index (χ0) is 93.7. The van der Waals surface area contributed by atoms with Gasteiger partial charge in [0.25, 0.3) is 0 Å². The van der Waals surface area contributed by atoms with Crippen LogP contribution in [-0.4, -0.2) is 163 Å². The molecule has 5 saturated heterocycles. The minimum absolute atomic E-state index is 0.0360. The Hall–Kier alpha value is -12.3. The summed E-state index contributed by atoms with van der Waals surface area (Å²) in [5, 5.41) is 4.53. The van der Waals surface area contributed by atoms with E-state index in [9.17, 15) is 40.8 Å². The Bertz CT molecular complexity index is 6180. The molecule has 0 bridgehead atoms. The van der Waals surface area contributed by atoms with Gasteiger partial charge in [0.15, 0.2) is 0 Å². The molecule has 21 rings (SSSR count). The first-order chi connectivity index (χ1) is 63.4. The predicted octanol–water partition coefficient (Wildman–Crippen LogP) is 22.7. The number of nitrogens with one attached hydrogen (secondary N) is 4. The zero-order valence-electron chi connectivity index (χ0n) is 77.1. The van der Waals surface area contributed by atoms with Crippen molar-refractivity contribution in [2.75, 3.05) is 0 Å². The summed E-state index contributed by atoms with van der Waals surface area (Å²) < 4.78 is 98.9. The van der Waals surface area contributed by atoms with Crippen molar-refractivity contribution < 1.29 is 73.2 Å². The van der Waals surface area contributed by atoms with Gasteiger partial charge in [-0.25, -0.2) is 39.1 Å². The minimum atomic E-state index is -5.69. The van der Waals surface area contributed by atoms with Crippen molar-refractivity contribution in [3.8, 4) is 0 Å². The van der Waals surface area contributed by atoms with E-state index < -0.39 is 44.1 Å². The number of amides is 4. The second kappa shape index (κ2) is 36.9. The molecule has 9 aliphatic rings. The SMILES string of the molecule is CC1(C)OB(c2cnc3[nH]ccc3c2)OC1(C)C.CC1(C)OC(=O)N(C2CC=C(OS(=O)(=O)C(F)(F)F)CC2)[C@H]1c1ccccc1.CC1(C)OC(=O)N(C2CC=C(c3cnc4[nH]ccc4c3)CC2)[C@H]1c1ccccc1.CC1(C)OC(=O)N(C2CCC(c3cnc4[nH]ccc4c3)CC2)[C@H]1c1ccccc1.CC1(C)OC(=O)N(C2CCC(c3cnc4[nH]ccc4c3)CC2)[C@H]1c1ccccc1. The first-order valence-electron chi connectivity index (χ1n) is 46.1. The van der Waals surface area contributed by atoms with Crippen LogP contribution in [0.1, 0.15) is 248 Å². The lowest BCUT2D eigenvalue weighted by Crippen LogP contribution is -2.42. The number of nitrogens with zero attached hydrogens (tertiary/aromatic N) is 8. The molecule has 7 fully saturated rings. The number of carbonyl (C=O) groups is 4. The van der Waals surface area contributed by atoms with Crippen molar-refractivity contribution in [2.24, 2.45) is 0 Å². The number of H-pyrrole nitrogens is 4. The van der Waals surface area contributed by atoms with E-state index >= 15 is 0 Å². The highest BCUT2D eigenvalue weighted by Gasteiger charge is 2.57. The van der Waals surface area contributed by atoms with Crippen molar-refractivity contribution in [2.45, 2.75) is 272 Å². The number of cyclic esters (lactones) is 4. The number of alkyl halides is 3. The number of benzene rings is 4. The molecule has 25 nitrogen and oxygen atoms in total. The van der Waals surface area contributed by atoms with Crippen LogP contribution in [0, 0.1) is 0 Å². The quantitative estimate of drug-likeness (QED) is 0.0340. The summed E-state index contributed by atoms with van der Waals surface area (Å²) in [4.78, 5) is 89.1. The Balaban J connectivity index is 0.000000117. The number of carbonyl (C=O) groups excluding carboxylic acids is 4. The maximum absolute atomic E-state index is 12.8. The van der Waals surface area contributed by atoms with E-state index in [-0.39, 0.29) is 110 Å². The van der Waals surface area contributed by atoms with E-state index in [2.05, 4.69) is 151 Å². The van der Waals surface area contributed by atoms with Crippen LogP contribution in [0.4, 0.5) is 32.3 Å². The van der Waals surface area contributed by atoms with Crippen LogP contribution in [0.2, 0.25) is 0 Å². The number of hydrogen-bond acceptors (Lipinski definition) is 17. The number of ether oxygens (including phenoxy) is 4. The third-order valence-corrected chi connectivity index (χ3v) is 29.1. The number of halogens is 3. The van der Waals surface area contributed by atoms with Gasteiger partial charge in [0.05, 0.1) is 35.4 Å². The molecular formula is C103H116BF3N12O13S. The summed E-state index contributed by atoms with van der Waals surface area (Å²) in [5.41, 5.74) is 5.50. The number of aromatic nitrogens is 8. The molecule has 4 aromatic carbocycles. The third kappa shape index (κ3) is 19.4. The lowest BCUT2D eigenvalue weighted by atomic mass is 9.80. The maximum Gasteiger partial charge on any atom is 0.534 e. The van der Waals surface area contributed by atoms with E-state index in [1.54, 1.807) is 24.9 Å². The van der Waals surface area contributed by atoms with Gasteiger partial charge in [-0.3, -0.25) is 19.6 Å². The summed E-state index contributed by atoms with van der Waals surface area (Å²) in [6, 6.07) is 56.7. The first-order valence-corrected chi connectivity index (χ1v) is 47.5. The van der Waals surface area contributed by atoms with Crippen molar-refractivity contribution in [3.05, 3.63) is 276 Å². The van der Waals surface area contributed by atoms with Gasteiger partial charge in [0.1, 0.15) is 50.8 Å².